The Morgan fingerprint density at radius 3 is 2.58 bits per heavy atom. The molecule has 0 fully saturated rings. The summed E-state index contributed by atoms with van der Waals surface area (Å²) in [4.78, 5) is 16.4. The highest BCUT2D eigenvalue weighted by atomic mass is 16.7. The monoisotopic (exact) mass is 171 g/mol. The Morgan fingerprint density at radius 2 is 2.17 bits per heavy atom. The summed E-state index contributed by atoms with van der Waals surface area (Å²) in [6.07, 6.45) is 0. The van der Waals surface area contributed by atoms with Crippen LogP contribution in [0.5, 0.6) is 0 Å². The third-order valence-corrected chi connectivity index (χ3v) is 1.51. The van der Waals surface area contributed by atoms with Gasteiger partial charge in [-0.25, -0.2) is 9.48 Å². The fourth-order valence-corrected chi connectivity index (χ4v) is 0.985. The van der Waals surface area contributed by atoms with Crippen LogP contribution >= 0.6 is 0 Å². The van der Waals surface area contributed by atoms with Crippen molar-refractivity contribution >= 4 is 0 Å². The molecule has 0 atom stereocenters. The number of aryl methyl sites for hydroxylation is 2. The van der Waals surface area contributed by atoms with Crippen LogP contribution in [0.1, 0.15) is 19.7 Å². The molecule has 0 aliphatic carbocycles. The van der Waals surface area contributed by atoms with E-state index in [1.165, 1.54) is 9.41 Å². The van der Waals surface area contributed by atoms with E-state index in [0.717, 1.165) is 0 Å². The lowest BCUT2D eigenvalue weighted by Crippen LogP contribution is -2.29. The van der Waals surface area contributed by atoms with Crippen LogP contribution < -0.4 is 10.5 Å². The normalized spacial score (nSPS) is 10.2. The standard InChI is InChI=1S/C7H13N3O2/c1-4-9-7(11)10(12-5-2)6(3)8-9/h4-5H2,1-3H3. The first-order valence-corrected chi connectivity index (χ1v) is 4.00. The average Bonchev–Trinajstić information content (AvgIpc) is 2.32. The third-order valence-electron chi connectivity index (χ3n) is 1.51. The lowest BCUT2D eigenvalue weighted by Gasteiger charge is -2.00. The zero-order chi connectivity index (χ0) is 9.14. The Bertz CT molecular complexity index is 313. The van der Waals surface area contributed by atoms with Crippen LogP contribution in [0.3, 0.4) is 0 Å². The summed E-state index contributed by atoms with van der Waals surface area (Å²) in [7, 11) is 0. The van der Waals surface area contributed by atoms with E-state index in [1.54, 1.807) is 6.92 Å². The highest BCUT2D eigenvalue weighted by Gasteiger charge is 2.07. The predicted molar refractivity (Wildman–Crippen MR) is 44.0 cm³/mol. The lowest BCUT2D eigenvalue weighted by atomic mass is 10.7. The molecule has 0 aromatic carbocycles. The predicted octanol–water partition coefficient (Wildman–Crippen LogP) is -0.178. The van der Waals surface area contributed by atoms with Crippen LogP contribution in [0.4, 0.5) is 0 Å². The molecule has 1 rings (SSSR count). The fourth-order valence-electron chi connectivity index (χ4n) is 0.985. The Morgan fingerprint density at radius 1 is 1.50 bits per heavy atom. The van der Waals surface area contributed by atoms with Crippen molar-refractivity contribution in [3.63, 3.8) is 0 Å². The van der Waals surface area contributed by atoms with Gasteiger partial charge in [-0.15, -0.1) is 4.73 Å². The van der Waals surface area contributed by atoms with Gasteiger partial charge in [-0.1, -0.05) is 0 Å². The Balaban J connectivity index is 3.10. The second-order valence-corrected chi connectivity index (χ2v) is 2.36. The molecule has 12 heavy (non-hydrogen) atoms. The van der Waals surface area contributed by atoms with Crippen LogP contribution in [0.2, 0.25) is 0 Å². The summed E-state index contributed by atoms with van der Waals surface area (Å²) in [6.45, 7) is 6.47. The highest BCUT2D eigenvalue weighted by molar-refractivity contribution is 4.79. The molecule has 1 heterocycles. The van der Waals surface area contributed by atoms with Crippen LogP contribution in [-0.4, -0.2) is 21.1 Å². The van der Waals surface area contributed by atoms with Crippen LogP contribution in [0, 0.1) is 6.92 Å². The Labute approximate surface area is 70.5 Å². The van der Waals surface area contributed by atoms with Gasteiger partial charge in [0.2, 0.25) is 0 Å². The molecular formula is C7H13N3O2. The van der Waals surface area contributed by atoms with Gasteiger partial charge in [-0.3, -0.25) is 0 Å². The van der Waals surface area contributed by atoms with E-state index in [-0.39, 0.29) is 5.69 Å². The van der Waals surface area contributed by atoms with Crippen molar-refractivity contribution in [3.8, 4) is 0 Å². The first-order chi connectivity index (χ1) is 5.70. The molecule has 1 aromatic heterocycles. The van der Waals surface area contributed by atoms with E-state index < -0.39 is 0 Å². The van der Waals surface area contributed by atoms with Gasteiger partial charge in [-0.05, 0) is 20.8 Å². The van der Waals surface area contributed by atoms with Crippen molar-refractivity contribution in [1.82, 2.24) is 14.5 Å². The van der Waals surface area contributed by atoms with E-state index in [9.17, 15) is 4.79 Å². The van der Waals surface area contributed by atoms with E-state index >= 15 is 0 Å². The van der Waals surface area contributed by atoms with E-state index in [4.69, 9.17) is 4.84 Å². The minimum Gasteiger partial charge on any atom is -0.408 e. The largest absolute Gasteiger partial charge is 0.408 e. The van der Waals surface area contributed by atoms with Crippen molar-refractivity contribution in [3.05, 3.63) is 16.3 Å². The molecule has 5 heteroatoms. The molecule has 68 valence electrons. The molecule has 0 bridgehead atoms. The molecular weight excluding hydrogens is 158 g/mol. The van der Waals surface area contributed by atoms with Crippen molar-refractivity contribution in [2.75, 3.05) is 6.61 Å². The fraction of sp³-hybridized carbons (Fsp3) is 0.714. The van der Waals surface area contributed by atoms with E-state index in [2.05, 4.69) is 5.10 Å². The van der Waals surface area contributed by atoms with Gasteiger partial charge < -0.3 is 4.84 Å². The van der Waals surface area contributed by atoms with Gasteiger partial charge in [0.15, 0.2) is 5.82 Å². The van der Waals surface area contributed by atoms with Gasteiger partial charge in [0.1, 0.15) is 6.61 Å². The van der Waals surface area contributed by atoms with Crippen LogP contribution in [0.25, 0.3) is 0 Å². The lowest BCUT2D eigenvalue weighted by molar-refractivity contribution is 0.107. The summed E-state index contributed by atoms with van der Waals surface area (Å²) >= 11 is 0. The van der Waals surface area contributed by atoms with Gasteiger partial charge in [-0.2, -0.15) is 5.10 Å². The zero-order valence-electron chi connectivity index (χ0n) is 7.57. The van der Waals surface area contributed by atoms with Gasteiger partial charge >= 0.3 is 5.69 Å². The average molecular weight is 171 g/mol. The third kappa shape index (κ3) is 1.34. The number of aromatic nitrogens is 3. The zero-order valence-corrected chi connectivity index (χ0v) is 7.57. The second kappa shape index (κ2) is 3.42. The van der Waals surface area contributed by atoms with Gasteiger partial charge in [0.05, 0.1) is 0 Å². The SMILES string of the molecule is CCOn1c(C)nn(CC)c1=O. The topological polar surface area (TPSA) is 49.0 Å². The maximum Gasteiger partial charge on any atom is 0.379 e. The molecule has 0 radical (unpaired) electrons. The highest BCUT2D eigenvalue weighted by Crippen LogP contribution is 1.86. The first kappa shape index (κ1) is 8.83. The van der Waals surface area contributed by atoms with Crippen molar-refractivity contribution < 1.29 is 4.84 Å². The molecule has 0 spiro atoms. The molecule has 0 saturated carbocycles. The van der Waals surface area contributed by atoms with Crippen LogP contribution in [0.15, 0.2) is 4.79 Å². The number of hydrogen-bond donors (Lipinski definition) is 0. The molecule has 1 aromatic rings. The maximum absolute atomic E-state index is 11.3. The maximum atomic E-state index is 11.3. The first-order valence-electron chi connectivity index (χ1n) is 4.00. The number of rotatable bonds is 3. The molecule has 0 aliphatic rings. The van der Waals surface area contributed by atoms with Gasteiger partial charge in [0, 0.05) is 6.54 Å². The summed E-state index contributed by atoms with van der Waals surface area (Å²) < 4.78 is 2.58. The molecule has 5 nitrogen and oxygen atoms in total. The number of hydrogen-bond acceptors (Lipinski definition) is 3. The summed E-state index contributed by atoms with van der Waals surface area (Å²) in [5, 5.41) is 3.99. The minimum absolute atomic E-state index is 0.211. The minimum atomic E-state index is -0.211. The molecule has 0 unspecified atom stereocenters. The van der Waals surface area contributed by atoms with Crippen LogP contribution in [-0.2, 0) is 6.54 Å². The summed E-state index contributed by atoms with van der Waals surface area (Å²) in [5.74, 6) is 0.587. The van der Waals surface area contributed by atoms with Gasteiger partial charge in [0.25, 0.3) is 0 Å². The van der Waals surface area contributed by atoms with E-state index in [0.29, 0.717) is 19.0 Å². The van der Waals surface area contributed by atoms with E-state index in [1.807, 2.05) is 13.8 Å². The molecule has 0 aliphatic heterocycles. The van der Waals surface area contributed by atoms with Crippen molar-refractivity contribution in [1.29, 1.82) is 0 Å². The van der Waals surface area contributed by atoms with Crippen molar-refractivity contribution in [2.45, 2.75) is 27.3 Å². The Hall–Kier alpha value is -1.26. The number of nitrogens with zero attached hydrogens (tertiary/aromatic N) is 3. The van der Waals surface area contributed by atoms with Crippen molar-refractivity contribution in [2.24, 2.45) is 0 Å². The summed E-state index contributed by atoms with van der Waals surface area (Å²) in [5.41, 5.74) is -0.211. The summed E-state index contributed by atoms with van der Waals surface area (Å²) in [6, 6.07) is 0. The molecule has 0 saturated heterocycles. The smallest absolute Gasteiger partial charge is 0.379 e. The quantitative estimate of drug-likeness (QED) is 0.634. The Kier molecular flexibility index (Phi) is 2.52. The second-order valence-electron chi connectivity index (χ2n) is 2.36. The molecule has 0 amide bonds. The molecule has 0 N–H and O–H groups in total.